The van der Waals surface area contributed by atoms with Crippen LogP contribution < -0.4 is 0 Å². The Morgan fingerprint density at radius 2 is 0.986 bits per heavy atom. The summed E-state index contributed by atoms with van der Waals surface area (Å²) in [6.45, 7) is 4.45. The third kappa shape index (κ3) is 8.08. The summed E-state index contributed by atoms with van der Waals surface area (Å²) in [7, 11) is 2.13. The molecule has 0 spiro atoms. The zero-order valence-electron chi connectivity index (χ0n) is 40.6. The monoisotopic (exact) mass is 944 g/mol. The number of thiophene rings is 1. The summed E-state index contributed by atoms with van der Waals surface area (Å²) in [6, 6.07) is 85.4. The van der Waals surface area contributed by atoms with E-state index in [9.17, 15) is 5.41 Å². The van der Waals surface area contributed by atoms with Gasteiger partial charge in [0.15, 0.2) is 5.84 Å². The molecule has 12 rings (SSSR count). The molecule has 0 saturated heterocycles. The van der Waals surface area contributed by atoms with Crippen LogP contribution in [0.15, 0.2) is 242 Å². The lowest BCUT2D eigenvalue weighted by Crippen LogP contribution is -2.36. The van der Waals surface area contributed by atoms with E-state index >= 15 is 0 Å². The second-order valence-corrected chi connectivity index (χ2v) is 19.8. The quantitative estimate of drug-likeness (QED) is 0.108. The first kappa shape index (κ1) is 44.6. The summed E-state index contributed by atoms with van der Waals surface area (Å²) >= 11 is 1.76. The van der Waals surface area contributed by atoms with Crippen molar-refractivity contribution in [3.05, 3.63) is 248 Å². The summed E-state index contributed by atoms with van der Waals surface area (Å²) in [4.78, 5) is 7.62. The Kier molecular flexibility index (Phi) is 11.7. The van der Waals surface area contributed by atoms with E-state index < -0.39 is 0 Å². The molecule has 10 aromatic carbocycles. The van der Waals surface area contributed by atoms with Gasteiger partial charge in [-0.15, -0.1) is 11.3 Å². The maximum absolute atomic E-state index is 9.73. The van der Waals surface area contributed by atoms with Crippen molar-refractivity contribution in [3.8, 4) is 61.3 Å². The van der Waals surface area contributed by atoms with E-state index in [-0.39, 0.29) is 11.9 Å². The van der Waals surface area contributed by atoms with Gasteiger partial charge in [0, 0.05) is 71.9 Å². The Morgan fingerprint density at radius 3 is 1.58 bits per heavy atom. The first-order chi connectivity index (χ1) is 35.4. The summed E-state index contributed by atoms with van der Waals surface area (Å²) < 4.78 is 4.94. The van der Waals surface area contributed by atoms with Crippen LogP contribution in [0.1, 0.15) is 31.4 Å². The standard InChI is InChI=1S/C67H52N4S/c1-4-44(2)70(3)67(69-66(68)51-34-36-55-54-32-20-21-33-62(54)72-63(55)43-51)53-41-57(48-28-16-8-17-29-48)64(58(42-53)49-30-18-9-19-31-49)71-61-37-35-50(45-22-10-5-11-23-45)38-59(61)60-40-52(46-24-12-6-13-25-46)39-56(65(60)71)47-26-14-7-15-27-47/h5-44,68H,4H2,1-3H3/b68-66?,69-67-. The average molecular weight is 945 g/mol. The lowest BCUT2D eigenvalue weighted by atomic mass is 9.91. The van der Waals surface area contributed by atoms with Crippen LogP contribution in [0.3, 0.4) is 0 Å². The molecule has 2 heterocycles. The first-order valence-electron chi connectivity index (χ1n) is 24.8. The van der Waals surface area contributed by atoms with Crippen molar-refractivity contribution in [3.63, 3.8) is 0 Å². The Hall–Kier alpha value is -8.64. The van der Waals surface area contributed by atoms with E-state index in [4.69, 9.17) is 4.99 Å². The molecular weight excluding hydrogens is 893 g/mol. The van der Waals surface area contributed by atoms with E-state index in [0.29, 0.717) is 0 Å². The largest absolute Gasteiger partial charge is 0.356 e. The molecule has 0 aliphatic carbocycles. The molecule has 0 amide bonds. The van der Waals surface area contributed by atoms with E-state index in [2.05, 4.69) is 267 Å². The fourth-order valence-electron chi connectivity index (χ4n) is 10.4. The fraction of sp³-hybridized carbons (Fsp3) is 0.0746. The smallest absolute Gasteiger partial charge is 0.154 e. The zero-order chi connectivity index (χ0) is 48.7. The second kappa shape index (κ2) is 18.9. The Bertz CT molecular complexity index is 3930. The maximum Gasteiger partial charge on any atom is 0.154 e. The van der Waals surface area contributed by atoms with Crippen molar-refractivity contribution in [2.24, 2.45) is 4.99 Å². The molecule has 12 aromatic rings. The van der Waals surface area contributed by atoms with Crippen LogP contribution in [0, 0.1) is 5.41 Å². The Morgan fingerprint density at radius 1 is 0.472 bits per heavy atom. The number of hydrogen-bond acceptors (Lipinski definition) is 2. The van der Waals surface area contributed by atoms with Crippen LogP contribution in [0.25, 0.3) is 103 Å². The molecule has 1 unspecified atom stereocenters. The van der Waals surface area contributed by atoms with Gasteiger partial charge >= 0.3 is 0 Å². The molecule has 1 atom stereocenters. The summed E-state index contributed by atoms with van der Waals surface area (Å²) in [5.74, 6) is 0.975. The number of aromatic nitrogens is 1. The number of amidine groups is 2. The molecule has 0 radical (unpaired) electrons. The highest BCUT2D eigenvalue weighted by atomic mass is 32.1. The minimum absolute atomic E-state index is 0.144. The minimum atomic E-state index is 0.144. The third-order valence-corrected chi connectivity index (χ3v) is 15.5. The maximum atomic E-state index is 9.73. The number of nitrogens with one attached hydrogen (secondary N) is 1. The molecule has 0 aliphatic rings. The van der Waals surface area contributed by atoms with Gasteiger partial charge in [-0.3, -0.25) is 5.41 Å². The van der Waals surface area contributed by atoms with Gasteiger partial charge in [0.05, 0.1) is 16.7 Å². The van der Waals surface area contributed by atoms with Gasteiger partial charge in [-0.05, 0) is 101 Å². The van der Waals surface area contributed by atoms with Gasteiger partial charge in [-0.25, -0.2) is 4.99 Å². The number of rotatable bonds is 10. The molecular formula is C67H52N4S. The van der Waals surface area contributed by atoms with Gasteiger partial charge in [0.25, 0.3) is 0 Å². The van der Waals surface area contributed by atoms with Gasteiger partial charge in [0.1, 0.15) is 5.84 Å². The van der Waals surface area contributed by atoms with Crippen LogP contribution in [0.4, 0.5) is 0 Å². The Balaban J connectivity index is 1.18. The molecule has 5 heteroatoms. The lowest BCUT2D eigenvalue weighted by molar-refractivity contribution is 0.382. The normalized spacial score (nSPS) is 12.2. The summed E-state index contributed by atoms with van der Waals surface area (Å²) in [5, 5.41) is 14.5. The second-order valence-electron chi connectivity index (χ2n) is 18.7. The minimum Gasteiger partial charge on any atom is -0.356 e. The molecule has 4 nitrogen and oxygen atoms in total. The van der Waals surface area contributed by atoms with Crippen molar-refractivity contribution in [2.45, 2.75) is 26.3 Å². The van der Waals surface area contributed by atoms with Crippen LogP contribution in [0.2, 0.25) is 0 Å². The van der Waals surface area contributed by atoms with Crippen molar-refractivity contribution >= 4 is 65.0 Å². The topological polar surface area (TPSA) is 44.4 Å². The lowest BCUT2D eigenvalue weighted by Gasteiger charge is -2.29. The highest BCUT2D eigenvalue weighted by Gasteiger charge is 2.27. The third-order valence-electron chi connectivity index (χ3n) is 14.4. The van der Waals surface area contributed by atoms with Crippen molar-refractivity contribution in [2.75, 3.05) is 7.05 Å². The van der Waals surface area contributed by atoms with E-state index in [1.54, 1.807) is 11.3 Å². The summed E-state index contributed by atoms with van der Waals surface area (Å²) in [5.41, 5.74) is 16.3. The van der Waals surface area contributed by atoms with Gasteiger partial charge < -0.3 is 9.47 Å². The van der Waals surface area contributed by atoms with Crippen LogP contribution in [-0.2, 0) is 0 Å². The SMILES string of the molecule is CCC(C)N(C)/C(=N\C(=N)c1ccc2c(c1)sc1ccccc12)c1cc(-c2ccccc2)c(-n2c3ccc(-c4ccccc4)cc3c3cc(-c4ccccc4)cc(-c4ccccc4)c32)c(-c2ccccc2)c1. The molecule has 2 aromatic heterocycles. The number of nitrogens with zero attached hydrogens (tertiary/aromatic N) is 3. The predicted octanol–water partition coefficient (Wildman–Crippen LogP) is 18.0. The molecule has 346 valence electrons. The first-order valence-corrected chi connectivity index (χ1v) is 25.6. The highest BCUT2D eigenvalue weighted by molar-refractivity contribution is 7.25. The van der Waals surface area contributed by atoms with Gasteiger partial charge in [-0.1, -0.05) is 195 Å². The number of benzene rings is 10. The van der Waals surface area contributed by atoms with E-state index in [0.717, 1.165) is 83.7 Å². The van der Waals surface area contributed by atoms with Crippen LogP contribution in [0.5, 0.6) is 0 Å². The summed E-state index contributed by atoms with van der Waals surface area (Å²) in [6.07, 6.45) is 0.908. The molecule has 0 bridgehead atoms. The van der Waals surface area contributed by atoms with Crippen molar-refractivity contribution in [1.82, 2.24) is 9.47 Å². The Labute approximate surface area is 425 Å². The molecule has 0 saturated carbocycles. The molecule has 0 fully saturated rings. The van der Waals surface area contributed by atoms with Crippen molar-refractivity contribution < 1.29 is 0 Å². The number of aliphatic imine (C=N–C) groups is 1. The van der Waals surface area contributed by atoms with Gasteiger partial charge in [0.2, 0.25) is 0 Å². The van der Waals surface area contributed by atoms with Crippen LogP contribution in [-0.4, -0.2) is 34.2 Å². The highest BCUT2D eigenvalue weighted by Crippen LogP contribution is 2.47. The average Bonchev–Trinajstić information content (AvgIpc) is 3.99. The van der Waals surface area contributed by atoms with Crippen molar-refractivity contribution in [1.29, 1.82) is 5.41 Å². The number of hydrogen-bond donors (Lipinski definition) is 1. The molecule has 1 N–H and O–H groups in total. The molecule has 0 aliphatic heterocycles. The molecule has 72 heavy (non-hydrogen) atoms. The predicted molar refractivity (Wildman–Crippen MR) is 308 cm³/mol. The van der Waals surface area contributed by atoms with E-state index in [1.165, 1.54) is 42.9 Å². The van der Waals surface area contributed by atoms with Gasteiger partial charge in [-0.2, -0.15) is 0 Å². The zero-order valence-corrected chi connectivity index (χ0v) is 41.4. The van der Waals surface area contributed by atoms with E-state index in [1.807, 2.05) is 0 Å². The number of fused-ring (bicyclic) bond motifs is 6. The van der Waals surface area contributed by atoms with Crippen LogP contribution >= 0.6 is 11.3 Å². The fourth-order valence-corrected chi connectivity index (χ4v) is 11.5.